The number of nitriles is 1. The SMILES string of the molecule is COc1ccc(OC(=O)N2CCc3c([nH]c4ccc(Cl)cc34)C2c2ccc(OCC#N)cc2)cc1. The Bertz CT molecular complexity index is 1410. The Morgan fingerprint density at radius 2 is 1.80 bits per heavy atom. The van der Waals surface area contributed by atoms with Crippen molar-refractivity contribution in [3.05, 3.63) is 88.6 Å². The average Bonchev–Trinajstić information content (AvgIpc) is 3.25. The van der Waals surface area contributed by atoms with Crippen LogP contribution < -0.4 is 14.2 Å². The third kappa shape index (κ3) is 4.48. The first-order chi connectivity index (χ1) is 17.1. The first kappa shape index (κ1) is 22.6. The maximum absolute atomic E-state index is 13.4. The highest BCUT2D eigenvalue weighted by molar-refractivity contribution is 6.31. The summed E-state index contributed by atoms with van der Waals surface area (Å²) in [5.41, 5.74) is 3.90. The van der Waals surface area contributed by atoms with E-state index >= 15 is 0 Å². The fraction of sp³-hybridized carbons (Fsp3) is 0.185. The van der Waals surface area contributed by atoms with E-state index < -0.39 is 12.1 Å². The van der Waals surface area contributed by atoms with E-state index in [0.717, 1.165) is 27.7 Å². The molecule has 0 bridgehead atoms. The predicted octanol–water partition coefficient (Wildman–Crippen LogP) is 5.88. The van der Waals surface area contributed by atoms with Gasteiger partial charge in [0.05, 0.1) is 7.11 Å². The van der Waals surface area contributed by atoms with Crippen LogP contribution in [0.3, 0.4) is 0 Å². The molecule has 1 atom stereocenters. The molecule has 2 heterocycles. The second kappa shape index (κ2) is 9.61. The number of rotatable bonds is 5. The van der Waals surface area contributed by atoms with E-state index in [1.807, 2.05) is 36.4 Å². The van der Waals surface area contributed by atoms with Gasteiger partial charge in [0, 0.05) is 28.2 Å². The van der Waals surface area contributed by atoms with Crippen LogP contribution in [0.4, 0.5) is 4.79 Å². The van der Waals surface area contributed by atoms with E-state index in [1.165, 1.54) is 0 Å². The van der Waals surface area contributed by atoms with Crippen LogP contribution in [0.5, 0.6) is 17.2 Å². The molecule has 0 fully saturated rings. The van der Waals surface area contributed by atoms with Crippen molar-refractivity contribution in [3.63, 3.8) is 0 Å². The van der Waals surface area contributed by atoms with Crippen molar-refractivity contribution in [2.75, 3.05) is 20.3 Å². The topological polar surface area (TPSA) is 87.6 Å². The van der Waals surface area contributed by atoms with E-state index in [1.54, 1.807) is 48.4 Å². The van der Waals surface area contributed by atoms with Gasteiger partial charge in [0.1, 0.15) is 29.4 Å². The van der Waals surface area contributed by atoms with Crippen LogP contribution in [0, 0.1) is 11.3 Å². The summed E-state index contributed by atoms with van der Waals surface area (Å²) in [4.78, 5) is 18.6. The Labute approximate surface area is 207 Å². The molecular formula is C27H22ClN3O4. The molecule has 1 amide bonds. The summed E-state index contributed by atoms with van der Waals surface area (Å²) in [7, 11) is 1.58. The number of benzene rings is 3. The van der Waals surface area contributed by atoms with Crippen molar-refractivity contribution >= 4 is 28.6 Å². The van der Waals surface area contributed by atoms with E-state index in [-0.39, 0.29) is 6.61 Å². The molecule has 0 radical (unpaired) electrons. The molecule has 4 aromatic rings. The minimum absolute atomic E-state index is 0.0317. The first-order valence-electron chi connectivity index (χ1n) is 11.1. The number of hydrogen-bond donors (Lipinski definition) is 1. The van der Waals surface area contributed by atoms with Crippen molar-refractivity contribution in [3.8, 4) is 23.3 Å². The Morgan fingerprint density at radius 1 is 1.09 bits per heavy atom. The van der Waals surface area contributed by atoms with Gasteiger partial charge < -0.3 is 19.2 Å². The second-order valence-electron chi connectivity index (χ2n) is 8.11. The molecule has 1 aromatic heterocycles. The van der Waals surface area contributed by atoms with E-state index in [2.05, 4.69) is 4.98 Å². The molecule has 0 spiro atoms. The Morgan fingerprint density at radius 3 is 2.51 bits per heavy atom. The van der Waals surface area contributed by atoms with E-state index in [9.17, 15) is 4.79 Å². The molecule has 0 aliphatic carbocycles. The molecular weight excluding hydrogens is 466 g/mol. The van der Waals surface area contributed by atoms with Gasteiger partial charge in [0.15, 0.2) is 6.61 Å². The number of methoxy groups -OCH3 is 1. The van der Waals surface area contributed by atoms with Crippen molar-refractivity contribution < 1.29 is 19.0 Å². The fourth-order valence-electron chi connectivity index (χ4n) is 4.47. The number of aromatic amines is 1. The standard InChI is InChI=1S/C27H22ClN3O4/c1-33-19-7-9-21(10-8-19)35-27(32)31-14-12-22-23-16-18(28)4-11-24(23)30-25(22)26(31)17-2-5-20(6-3-17)34-15-13-29/h2-11,16,26,30H,12,14-15H2,1H3. The lowest BCUT2D eigenvalue weighted by Crippen LogP contribution is -2.42. The molecule has 1 unspecified atom stereocenters. The van der Waals surface area contributed by atoms with Crippen molar-refractivity contribution in [2.24, 2.45) is 0 Å². The normalized spacial score (nSPS) is 14.8. The lowest BCUT2D eigenvalue weighted by atomic mass is 9.92. The Kier molecular flexibility index (Phi) is 6.21. The highest BCUT2D eigenvalue weighted by Crippen LogP contribution is 2.40. The summed E-state index contributed by atoms with van der Waals surface area (Å²) in [6.07, 6.45) is 0.208. The zero-order valence-electron chi connectivity index (χ0n) is 19.0. The number of nitrogens with one attached hydrogen (secondary N) is 1. The molecule has 176 valence electrons. The quantitative estimate of drug-likeness (QED) is 0.380. The van der Waals surface area contributed by atoms with Gasteiger partial charge in [-0.05, 0) is 72.1 Å². The molecule has 0 saturated carbocycles. The van der Waals surface area contributed by atoms with Crippen LogP contribution in [0.2, 0.25) is 5.02 Å². The van der Waals surface area contributed by atoms with Crippen molar-refractivity contribution in [2.45, 2.75) is 12.5 Å². The third-order valence-corrected chi connectivity index (χ3v) is 6.32. The number of fused-ring (bicyclic) bond motifs is 3. The summed E-state index contributed by atoms with van der Waals surface area (Å²) >= 11 is 6.28. The largest absolute Gasteiger partial charge is 0.497 e. The number of nitrogens with zero attached hydrogens (tertiary/aromatic N) is 2. The average molecular weight is 488 g/mol. The molecule has 0 saturated heterocycles. The molecule has 1 aliphatic rings. The Hall–Kier alpha value is -4.15. The van der Waals surface area contributed by atoms with Crippen LogP contribution in [-0.4, -0.2) is 36.2 Å². The number of carbonyl (C=O) groups excluding carboxylic acids is 1. The van der Waals surface area contributed by atoms with Gasteiger partial charge in [-0.15, -0.1) is 0 Å². The number of amides is 1. The molecule has 8 heteroatoms. The molecule has 3 aromatic carbocycles. The lowest BCUT2D eigenvalue weighted by molar-refractivity contribution is 0.135. The monoisotopic (exact) mass is 487 g/mol. The Balaban J connectivity index is 1.52. The summed E-state index contributed by atoms with van der Waals surface area (Å²) in [6.45, 7) is 0.439. The fourth-order valence-corrected chi connectivity index (χ4v) is 4.64. The van der Waals surface area contributed by atoms with Gasteiger partial charge >= 0.3 is 6.09 Å². The molecule has 1 aliphatic heterocycles. The maximum Gasteiger partial charge on any atom is 0.416 e. The maximum atomic E-state index is 13.4. The summed E-state index contributed by atoms with van der Waals surface area (Å²) in [6, 6.07) is 21.6. The van der Waals surface area contributed by atoms with Crippen LogP contribution >= 0.6 is 11.6 Å². The number of hydrogen-bond acceptors (Lipinski definition) is 5. The van der Waals surface area contributed by atoms with Crippen LogP contribution in [0.1, 0.15) is 22.9 Å². The van der Waals surface area contributed by atoms with Gasteiger partial charge in [-0.2, -0.15) is 5.26 Å². The second-order valence-corrected chi connectivity index (χ2v) is 8.55. The smallest absolute Gasteiger partial charge is 0.416 e. The number of carbonyl (C=O) groups is 1. The number of aromatic nitrogens is 1. The van der Waals surface area contributed by atoms with Gasteiger partial charge in [-0.1, -0.05) is 23.7 Å². The van der Waals surface area contributed by atoms with E-state index in [0.29, 0.717) is 35.2 Å². The van der Waals surface area contributed by atoms with Gasteiger partial charge in [-0.25, -0.2) is 4.79 Å². The summed E-state index contributed by atoms with van der Waals surface area (Å²) in [5.74, 6) is 1.70. The van der Waals surface area contributed by atoms with Crippen LogP contribution in [0.25, 0.3) is 10.9 Å². The molecule has 1 N–H and O–H groups in total. The summed E-state index contributed by atoms with van der Waals surface area (Å²) in [5, 5.41) is 10.5. The van der Waals surface area contributed by atoms with Crippen LogP contribution in [-0.2, 0) is 6.42 Å². The van der Waals surface area contributed by atoms with Crippen molar-refractivity contribution in [1.82, 2.24) is 9.88 Å². The lowest BCUT2D eigenvalue weighted by Gasteiger charge is -2.35. The third-order valence-electron chi connectivity index (χ3n) is 6.09. The minimum Gasteiger partial charge on any atom is -0.497 e. The van der Waals surface area contributed by atoms with Gasteiger partial charge in [0.2, 0.25) is 0 Å². The molecule has 7 nitrogen and oxygen atoms in total. The number of ether oxygens (including phenoxy) is 3. The number of H-pyrrole nitrogens is 1. The zero-order valence-corrected chi connectivity index (χ0v) is 19.7. The minimum atomic E-state index is -0.452. The highest BCUT2D eigenvalue weighted by atomic mass is 35.5. The van der Waals surface area contributed by atoms with Gasteiger partial charge in [-0.3, -0.25) is 4.90 Å². The molecule has 35 heavy (non-hydrogen) atoms. The zero-order chi connectivity index (χ0) is 24.4. The van der Waals surface area contributed by atoms with E-state index in [4.69, 9.17) is 31.1 Å². The first-order valence-corrected chi connectivity index (χ1v) is 11.5. The number of halogens is 1. The van der Waals surface area contributed by atoms with Gasteiger partial charge in [0.25, 0.3) is 0 Å². The van der Waals surface area contributed by atoms with Crippen LogP contribution in [0.15, 0.2) is 66.7 Å². The molecule has 5 rings (SSSR count). The van der Waals surface area contributed by atoms with Crippen molar-refractivity contribution in [1.29, 1.82) is 5.26 Å². The highest BCUT2D eigenvalue weighted by Gasteiger charge is 2.35. The summed E-state index contributed by atoms with van der Waals surface area (Å²) < 4.78 is 16.3. The predicted molar refractivity (Wildman–Crippen MR) is 132 cm³/mol.